The molecule has 1 N–H and O–H groups in total. The smallest absolute Gasteiger partial charge is 0.293 e. The lowest BCUT2D eigenvalue weighted by molar-refractivity contribution is -0.384. The first kappa shape index (κ1) is 17.1. The summed E-state index contributed by atoms with van der Waals surface area (Å²) >= 11 is 0. The van der Waals surface area contributed by atoms with Gasteiger partial charge >= 0.3 is 0 Å². The van der Waals surface area contributed by atoms with E-state index in [4.69, 9.17) is 0 Å². The standard InChI is InChI=1S/C17H20N4O4/c1-11-5-7-20(10-15(11)22)13-4-3-12(9-14(13)21(24)25)16(23)17-18-6-8-19(17)2/h3-4,6,8-9,11,15,22H,5,7,10H2,1-2H3. The minimum absolute atomic E-state index is 0.137. The molecule has 3 rings (SSSR count). The molecule has 8 heteroatoms. The molecule has 2 atom stereocenters. The van der Waals surface area contributed by atoms with Gasteiger partial charge in [0, 0.05) is 44.2 Å². The molecule has 0 amide bonds. The Morgan fingerprint density at radius 1 is 1.44 bits per heavy atom. The molecule has 25 heavy (non-hydrogen) atoms. The fraction of sp³-hybridized carbons (Fsp3) is 0.412. The number of carbonyl (C=O) groups excluding carboxylic acids is 1. The third-order valence-corrected chi connectivity index (χ3v) is 4.72. The first-order valence-electron chi connectivity index (χ1n) is 8.12. The molecule has 0 radical (unpaired) electrons. The van der Waals surface area contributed by atoms with Crippen LogP contribution in [0.25, 0.3) is 0 Å². The van der Waals surface area contributed by atoms with E-state index in [9.17, 15) is 20.0 Å². The average Bonchev–Trinajstić information content (AvgIpc) is 3.02. The van der Waals surface area contributed by atoms with Crippen LogP contribution >= 0.6 is 0 Å². The number of aliphatic hydroxyl groups is 1. The molecule has 132 valence electrons. The van der Waals surface area contributed by atoms with Crippen molar-refractivity contribution in [2.75, 3.05) is 18.0 Å². The maximum atomic E-state index is 12.5. The van der Waals surface area contributed by atoms with Gasteiger partial charge in [-0.05, 0) is 24.5 Å². The van der Waals surface area contributed by atoms with E-state index in [2.05, 4.69) is 4.98 Å². The van der Waals surface area contributed by atoms with Gasteiger partial charge in [-0.25, -0.2) is 4.98 Å². The number of piperidine rings is 1. The molecule has 0 bridgehead atoms. The van der Waals surface area contributed by atoms with E-state index in [1.807, 2.05) is 6.92 Å². The summed E-state index contributed by atoms with van der Waals surface area (Å²) in [5.41, 5.74) is 0.504. The lowest BCUT2D eigenvalue weighted by atomic mass is 9.95. The third kappa shape index (κ3) is 3.25. The SMILES string of the molecule is CC1CCN(c2ccc(C(=O)c3nccn3C)cc2[N+](=O)[O-])CC1O. The van der Waals surface area contributed by atoms with Crippen molar-refractivity contribution in [2.24, 2.45) is 13.0 Å². The van der Waals surface area contributed by atoms with Crippen LogP contribution in [0.3, 0.4) is 0 Å². The molecular weight excluding hydrogens is 324 g/mol. The summed E-state index contributed by atoms with van der Waals surface area (Å²) in [5, 5.41) is 21.6. The number of anilines is 1. The van der Waals surface area contributed by atoms with Gasteiger partial charge in [0.1, 0.15) is 5.69 Å². The second kappa shape index (κ2) is 6.64. The highest BCUT2D eigenvalue weighted by Gasteiger charge is 2.29. The van der Waals surface area contributed by atoms with E-state index in [0.29, 0.717) is 18.8 Å². The monoisotopic (exact) mass is 344 g/mol. The summed E-state index contributed by atoms with van der Waals surface area (Å²) in [5.74, 6) is 0.0262. The Balaban J connectivity index is 1.95. The topological polar surface area (TPSA) is 102 Å². The number of nitro groups is 1. The minimum atomic E-state index is -0.526. The number of nitrogens with zero attached hydrogens (tertiary/aromatic N) is 4. The summed E-state index contributed by atoms with van der Waals surface area (Å²) < 4.78 is 1.57. The molecule has 0 saturated carbocycles. The van der Waals surface area contributed by atoms with E-state index in [0.717, 1.165) is 6.42 Å². The van der Waals surface area contributed by atoms with E-state index < -0.39 is 11.0 Å². The van der Waals surface area contributed by atoms with Crippen molar-refractivity contribution in [2.45, 2.75) is 19.4 Å². The normalized spacial score (nSPS) is 20.5. The zero-order valence-corrected chi connectivity index (χ0v) is 14.1. The van der Waals surface area contributed by atoms with Crippen LogP contribution in [0.4, 0.5) is 11.4 Å². The van der Waals surface area contributed by atoms with Crippen LogP contribution < -0.4 is 4.90 Å². The number of hydrogen-bond acceptors (Lipinski definition) is 6. The zero-order valence-electron chi connectivity index (χ0n) is 14.1. The van der Waals surface area contributed by atoms with E-state index in [-0.39, 0.29) is 28.8 Å². The van der Waals surface area contributed by atoms with Gasteiger partial charge in [0.15, 0.2) is 5.82 Å². The minimum Gasteiger partial charge on any atom is -0.391 e. The quantitative estimate of drug-likeness (QED) is 0.515. The summed E-state index contributed by atoms with van der Waals surface area (Å²) in [6, 6.07) is 4.44. The fourth-order valence-electron chi connectivity index (χ4n) is 3.06. The Morgan fingerprint density at radius 3 is 2.80 bits per heavy atom. The Bertz CT molecular complexity index is 817. The number of imidazole rings is 1. The fourth-order valence-corrected chi connectivity index (χ4v) is 3.06. The van der Waals surface area contributed by atoms with Gasteiger partial charge in [-0.15, -0.1) is 0 Å². The third-order valence-electron chi connectivity index (χ3n) is 4.72. The van der Waals surface area contributed by atoms with Crippen molar-refractivity contribution in [1.29, 1.82) is 0 Å². The predicted molar refractivity (Wildman–Crippen MR) is 91.7 cm³/mol. The van der Waals surface area contributed by atoms with E-state index in [1.165, 1.54) is 12.3 Å². The number of benzene rings is 1. The highest BCUT2D eigenvalue weighted by Crippen LogP contribution is 2.32. The van der Waals surface area contributed by atoms with Gasteiger partial charge in [-0.2, -0.15) is 0 Å². The van der Waals surface area contributed by atoms with Gasteiger partial charge in [0.25, 0.3) is 5.69 Å². The van der Waals surface area contributed by atoms with Crippen LogP contribution in [0.1, 0.15) is 29.5 Å². The molecule has 0 spiro atoms. The van der Waals surface area contributed by atoms with Crippen LogP contribution in [0.5, 0.6) is 0 Å². The highest BCUT2D eigenvalue weighted by molar-refractivity contribution is 6.07. The number of aromatic nitrogens is 2. The number of β-amino-alcohol motifs (C(OH)–C–C–N with tert-alkyl or cyclic N) is 1. The van der Waals surface area contributed by atoms with E-state index >= 15 is 0 Å². The number of ketones is 1. The maximum absolute atomic E-state index is 12.5. The molecule has 2 heterocycles. The Kier molecular flexibility index (Phi) is 4.54. The van der Waals surface area contributed by atoms with Crippen LogP contribution in [-0.2, 0) is 7.05 Å². The Morgan fingerprint density at radius 2 is 2.20 bits per heavy atom. The van der Waals surface area contributed by atoms with Gasteiger partial charge in [-0.3, -0.25) is 14.9 Å². The number of aliphatic hydroxyl groups excluding tert-OH is 1. The van der Waals surface area contributed by atoms with Crippen LogP contribution in [0.15, 0.2) is 30.6 Å². The molecule has 1 saturated heterocycles. The summed E-state index contributed by atoms with van der Waals surface area (Å²) in [6.45, 7) is 2.94. The molecule has 1 aliphatic heterocycles. The molecule has 1 aromatic carbocycles. The molecule has 8 nitrogen and oxygen atoms in total. The predicted octanol–water partition coefficient (Wildman–Crippen LogP) is 1.77. The highest BCUT2D eigenvalue weighted by atomic mass is 16.6. The van der Waals surface area contributed by atoms with Gasteiger partial charge in [0.05, 0.1) is 11.0 Å². The first-order chi connectivity index (χ1) is 11.9. The summed E-state index contributed by atoms with van der Waals surface area (Å²) in [6.07, 6.45) is 3.38. The molecule has 0 aliphatic carbocycles. The number of nitro benzene ring substituents is 1. The van der Waals surface area contributed by atoms with Gasteiger partial charge in [0.2, 0.25) is 5.78 Å². The molecule has 1 aromatic heterocycles. The number of hydrogen-bond donors (Lipinski definition) is 1. The lowest BCUT2D eigenvalue weighted by Crippen LogP contribution is -2.43. The summed E-state index contributed by atoms with van der Waals surface area (Å²) in [7, 11) is 1.69. The molecule has 2 unspecified atom stereocenters. The molecule has 1 aliphatic rings. The van der Waals surface area contributed by atoms with Crippen molar-refractivity contribution < 1.29 is 14.8 Å². The van der Waals surface area contributed by atoms with Crippen LogP contribution in [-0.4, -0.2) is 44.6 Å². The zero-order chi connectivity index (χ0) is 18.1. The number of rotatable bonds is 4. The maximum Gasteiger partial charge on any atom is 0.293 e. The van der Waals surface area contributed by atoms with Crippen molar-refractivity contribution in [3.8, 4) is 0 Å². The summed E-state index contributed by atoms with van der Waals surface area (Å²) in [4.78, 5) is 29.4. The Labute approximate surface area is 144 Å². The van der Waals surface area contributed by atoms with Gasteiger partial charge < -0.3 is 14.6 Å². The second-order valence-electron chi connectivity index (χ2n) is 6.43. The van der Waals surface area contributed by atoms with E-state index in [1.54, 1.807) is 34.8 Å². The largest absolute Gasteiger partial charge is 0.391 e. The van der Waals surface area contributed by atoms with Crippen molar-refractivity contribution in [1.82, 2.24) is 9.55 Å². The number of aryl methyl sites for hydroxylation is 1. The van der Waals surface area contributed by atoms with Crippen molar-refractivity contribution in [3.05, 3.63) is 52.1 Å². The van der Waals surface area contributed by atoms with Crippen LogP contribution in [0.2, 0.25) is 0 Å². The average molecular weight is 344 g/mol. The second-order valence-corrected chi connectivity index (χ2v) is 6.43. The first-order valence-corrected chi connectivity index (χ1v) is 8.12. The van der Waals surface area contributed by atoms with Crippen LogP contribution in [0, 0.1) is 16.0 Å². The lowest BCUT2D eigenvalue weighted by Gasteiger charge is -2.35. The molecule has 2 aromatic rings. The molecule has 1 fully saturated rings. The van der Waals surface area contributed by atoms with Gasteiger partial charge in [-0.1, -0.05) is 6.92 Å². The Hall–Kier alpha value is -2.74. The van der Waals surface area contributed by atoms with Crippen molar-refractivity contribution >= 4 is 17.2 Å². The van der Waals surface area contributed by atoms with Crippen molar-refractivity contribution in [3.63, 3.8) is 0 Å². The number of carbonyl (C=O) groups is 1. The molecular formula is C17H20N4O4.